The maximum absolute atomic E-state index is 5.95. The number of aryl methyl sites for hydroxylation is 1. The van der Waals surface area contributed by atoms with Crippen molar-refractivity contribution in [3.63, 3.8) is 0 Å². The Bertz CT molecular complexity index is 535. The van der Waals surface area contributed by atoms with Crippen LogP contribution in [0.25, 0.3) is 0 Å². The van der Waals surface area contributed by atoms with Crippen LogP contribution in [0.15, 0.2) is 46.9 Å². The van der Waals surface area contributed by atoms with E-state index in [9.17, 15) is 0 Å². The van der Waals surface area contributed by atoms with E-state index in [1.54, 1.807) is 0 Å². The molecule has 0 heterocycles. The molecule has 0 amide bonds. The van der Waals surface area contributed by atoms with Gasteiger partial charge in [0.15, 0.2) is 0 Å². The van der Waals surface area contributed by atoms with Crippen LogP contribution in [0.1, 0.15) is 21.5 Å². The minimum Gasteiger partial charge on any atom is -0.0843 e. The molecule has 2 rings (SSSR count). The van der Waals surface area contributed by atoms with Gasteiger partial charge in [0, 0.05) is 14.3 Å². The topological polar surface area (TPSA) is 0 Å². The second kappa shape index (κ2) is 6.23. The summed E-state index contributed by atoms with van der Waals surface area (Å²) in [4.78, 5) is 0.284. The van der Waals surface area contributed by atoms with Crippen LogP contribution in [0, 0.1) is 6.92 Å². The molecule has 0 aromatic heterocycles. The molecule has 0 spiro atoms. The summed E-state index contributed by atoms with van der Waals surface area (Å²) in [5, 5.41) is 0.751. The van der Waals surface area contributed by atoms with E-state index in [1.165, 1.54) is 16.7 Å². The maximum Gasteiger partial charge on any atom is 0.0446 e. The van der Waals surface area contributed by atoms with Gasteiger partial charge < -0.3 is 0 Å². The van der Waals surface area contributed by atoms with Crippen molar-refractivity contribution in [3.05, 3.63) is 68.7 Å². The molecule has 0 saturated heterocycles. The molecule has 0 aliphatic heterocycles. The van der Waals surface area contributed by atoms with E-state index in [0.717, 1.165) is 15.9 Å². The fourth-order valence-corrected chi connectivity index (χ4v) is 3.84. The lowest BCUT2D eigenvalue weighted by atomic mass is 10.0. The van der Waals surface area contributed by atoms with Crippen LogP contribution >= 0.6 is 43.5 Å². The SMILES string of the molecule is Cc1ccc(CC(Br)c2ccc(Cl)cc2Br)cc1. The van der Waals surface area contributed by atoms with Crippen LogP contribution < -0.4 is 0 Å². The average molecular weight is 389 g/mol. The molecule has 2 aromatic rings. The molecule has 18 heavy (non-hydrogen) atoms. The highest BCUT2D eigenvalue weighted by Crippen LogP contribution is 2.34. The number of benzene rings is 2. The Morgan fingerprint density at radius 2 is 1.78 bits per heavy atom. The fourth-order valence-electron chi connectivity index (χ4n) is 1.80. The molecule has 2 aromatic carbocycles. The van der Waals surface area contributed by atoms with Gasteiger partial charge in [0.1, 0.15) is 0 Å². The van der Waals surface area contributed by atoms with Crippen molar-refractivity contribution in [2.45, 2.75) is 18.2 Å². The highest BCUT2D eigenvalue weighted by Gasteiger charge is 2.12. The number of halogens is 3. The van der Waals surface area contributed by atoms with Gasteiger partial charge in [-0.2, -0.15) is 0 Å². The lowest BCUT2D eigenvalue weighted by Crippen LogP contribution is -1.96. The van der Waals surface area contributed by atoms with Crippen molar-refractivity contribution in [2.24, 2.45) is 0 Å². The zero-order valence-electron chi connectivity index (χ0n) is 9.96. The molecule has 0 saturated carbocycles. The highest BCUT2D eigenvalue weighted by atomic mass is 79.9. The quantitative estimate of drug-likeness (QED) is 0.558. The Hall–Kier alpha value is -0.310. The van der Waals surface area contributed by atoms with Crippen LogP contribution in [0.4, 0.5) is 0 Å². The smallest absolute Gasteiger partial charge is 0.0446 e. The Labute approximate surface area is 130 Å². The molecule has 1 atom stereocenters. The summed E-state index contributed by atoms with van der Waals surface area (Å²) in [6.07, 6.45) is 0.959. The van der Waals surface area contributed by atoms with Crippen LogP contribution in [0.3, 0.4) is 0 Å². The second-order valence-corrected chi connectivity index (χ2v) is 6.72. The third kappa shape index (κ3) is 3.59. The summed E-state index contributed by atoms with van der Waals surface area (Å²) in [7, 11) is 0. The molecule has 1 unspecified atom stereocenters. The van der Waals surface area contributed by atoms with Crippen molar-refractivity contribution in [1.29, 1.82) is 0 Å². The maximum atomic E-state index is 5.95. The van der Waals surface area contributed by atoms with E-state index in [0.29, 0.717) is 0 Å². The number of rotatable bonds is 3. The van der Waals surface area contributed by atoms with Gasteiger partial charge in [-0.05, 0) is 36.6 Å². The molecule has 0 fully saturated rings. The molecule has 0 N–H and O–H groups in total. The van der Waals surface area contributed by atoms with Crippen molar-refractivity contribution in [2.75, 3.05) is 0 Å². The molecule has 0 nitrogen and oxygen atoms in total. The normalized spacial score (nSPS) is 12.4. The van der Waals surface area contributed by atoms with Gasteiger partial charge in [-0.15, -0.1) is 0 Å². The Kier molecular flexibility index (Phi) is 4.88. The van der Waals surface area contributed by atoms with Crippen LogP contribution in [0.5, 0.6) is 0 Å². The molecule has 0 aliphatic rings. The minimum atomic E-state index is 0.284. The predicted octanol–water partition coefficient (Wildman–Crippen LogP) is 6.09. The standard InChI is InChI=1S/C15H13Br2Cl/c1-10-2-4-11(5-3-10)8-14(16)13-7-6-12(18)9-15(13)17/h2-7,9,14H,8H2,1H3. The highest BCUT2D eigenvalue weighted by molar-refractivity contribution is 9.11. The summed E-state index contributed by atoms with van der Waals surface area (Å²) < 4.78 is 1.05. The third-order valence-corrected chi connectivity index (χ3v) is 4.57. The first-order chi connectivity index (χ1) is 8.56. The molecule has 3 heteroatoms. The van der Waals surface area contributed by atoms with Gasteiger partial charge in [0.2, 0.25) is 0 Å². The fraction of sp³-hybridized carbons (Fsp3) is 0.200. The van der Waals surface area contributed by atoms with Gasteiger partial charge >= 0.3 is 0 Å². The van der Waals surface area contributed by atoms with Gasteiger partial charge in [-0.3, -0.25) is 0 Å². The van der Waals surface area contributed by atoms with Gasteiger partial charge in [0.25, 0.3) is 0 Å². The first-order valence-corrected chi connectivity index (χ1v) is 7.79. The Balaban J connectivity index is 2.16. The third-order valence-electron chi connectivity index (χ3n) is 2.84. The van der Waals surface area contributed by atoms with E-state index in [2.05, 4.69) is 69.1 Å². The zero-order chi connectivity index (χ0) is 13.1. The average Bonchev–Trinajstić information content (AvgIpc) is 2.32. The number of hydrogen-bond acceptors (Lipinski definition) is 0. The summed E-state index contributed by atoms with van der Waals surface area (Å²) in [6.45, 7) is 2.10. The first-order valence-electron chi connectivity index (χ1n) is 5.71. The van der Waals surface area contributed by atoms with Gasteiger partial charge in [-0.1, -0.05) is 79.4 Å². The van der Waals surface area contributed by atoms with Crippen LogP contribution in [0.2, 0.25) is 5.02 Å². The Morgan fingerprint density at radius 3 is 2.39 bits per heavy atom. The lowest BCUT2D eigenvalue weighted by molar-refractivity contribution is 0.942. The molecule has 0 radical (unpaired) electrons. The molecular formula is C15H13Br2Cl. The lowest BCUT2D eigenvalue weighted by Gasteiger charge is -2.13. The van der Waals surface area contributed by atoms with E-state index in [4.69, 9.17) is 11.6 Å². The minimum absolute atomic E-state index is 0.284. The monoisotopic (exact) mass is 386 g/mol. The number of hydrogen-bond donors (Lipinski definition) is 0. The first kappa shape index (κ1) is 14.1. The van der Waals surface area contributed by atoms with Crippen molar-refractivity contribution in [3.8, 4) is 0 Å². The van der Waals surface area contributed by atoms with Crippen LogP contribution in [-0.2, 0) is 6.42 Å². The molecular weight excluding hydrogens is 375 g/mol. The Morgan fingerprint density at radius 1 is 1.11 bits per heavy atom. The van der Waals surface area contributed by atoms with E-state index < -0.39 is 0 Å². The van der Waals surface area contributed by atoms with E-state index in [-0.39, 0.29) is 4.83 Å². The van der Waals surface area contributed by atoms with Crippen molar-refractivity contribution >= 4 is 43.5 Å². The molecule has 0 bridgehead atoms. The van der Waals surface area contributed by atoms with E-state index in [1.807, 2.05) is 12.1 Å². The summed E-state index contributed by atoms with van der Waals surface area (Å²) >= 11 is 13.3. The summed E-state index contributed by atoms with van der Waals surface area (Å²) in [5.41, 5.74) is 3.84. The van der Waals surface area contributed by atoms with Gasteiger partial charge in [0.05, 0.1) is 0 Å². The molecule has 0 aliphatic carbocycles. The van der Waals surface area contributed by atoms with E-state index >= 15 is 0 Å². The second-order valence-electron chi connectivity index (χ2n) is 4.32. The summed E-state index contributed by atoms with van der Waals surface area (Å²) in [5.74, 6) is 0. The van der Waals surface area contributed by atoms with Crippen molar-refractivity contribution in [1.82, 2.24) is 0 Å². The summed E-state index contributed by atoms with van der Waals surface area (Å²) in [6, 6.07) is 14.5. The largest absolute Gasteiger partial charge is 0.0843 e. The van der Waals surface area contributed by atoms with Gasteiger partial charge in [-0.25, -0.2) is 0 Å². The van der Waals surface area contributed by atoms with Crippen LogP contribution in [-0.4, -0.2) is 0 Å². The number of alkyl halides is 1. The molecule has 94 valence electrons. The zero-order valence-corrected chi connectivity index (χ0v) is 13.9. The predicted molar refractivity (Wildman–Crippen MR) is 85.7 cm³/mol. The van der Waals surface area contributed by atoms with Crippen molar-refractivity contribution < 1.29 is 0 Å².